The topological polar surface area (TPSA) is 93.4 Å². The Hall–Kier alpha value is -2.86. The van der Waals surface area contributed by atoms with Gasteiger partial charge in [0.15, 0.2) is 6.10 Å². The lowest BCUT2D eigenvalue weighted by molar-refractivity contribution is -0.129. The first-order valence-corrected chi connectivity index (χ1v) is 8.02. The van der Waals surface area contributed by atoms with Gasteiger partial charge in [-0.3, -0.25) is 15.0 Å². The molecule has 0 unspecified atom stereocenters. The molecule has 0 fully saturated rings. The van der Waals surface area contributed by atoms with E-state index in [1.807, 2.05) is 38.1 Å². The molecule has 2 amide bonds. The molecule has 6 heteroatoms. The van der Waals surface area contributed by atoms with Gasteiger partial charge in [-0.2, -0.15) is 0 Å². The van der Waals surface area contributed by atoms with Crippen molar-refractivity contribution in [1.82, 2.24) is 10.9 Å². The second-order valence-corrected chi connectivity index (χ2v) is 5.84. The molecule has 6 nitrogen and oxygen atoms in total. The van der Waals surface area contributed by atoms with Crippen LogP contribution in [0.2, 0.25) is 0 Å². The summed E-state index contributed by atoms with van der Waals surface area (Å²) >= 11 is 0. The molecule has 0 saturated heterocycles. The van der Waals surface area contributed by atoms with Crippen LogP contribution in [0.25, 0.3) is 0 Å². The molecule has 2 atom stereocenters. The van der Waals surface area contributed by atoms with Crippen molar-refractivity contribution in [3.8, 4) is 5.75 Å². The molecule has 0 spiro atoms. The van der Waals surface area contributed by atoms with Crippen LogP contribution in [-0.2, 0) is 9.59 Å². The Kier molecular flexibility index (Phi) is 6.14. The number of hydrogen-bond acceptors (Lipinski definition) is 4. The molecular formula is C19H23N3O3. The van der Waals surface area contributed by atoms with Crippen molar-refractivity contribution in [3.05, 3.63) is 65.2 Å². The number of carbonyl (C=O) groups is 2. The quantitative estimate of drug-likeness (QED) is 0.671. The zero-order valence-electron chi connectivity index (χ0n) is 14.6. The Morgan fingerprint density at radius 3 is 2.36 bits per heavy atom. The Balaban J connectivity index is 1.98. The lowest BCUT2D eigenvalue weighted by Gasteiger charge is -2.20. The molecule has 0 aromatic heterocycles. The number of primary amides is 1. The summed E-state index contributed by atoms with van der Waals surface area (Å²) in [6.07, 6.45) is -0.739. The highest BCUT2D eigenvalue weighted by atomic mass is 16.5. The predicted molar refractivity (Wildman–Crippen MR) is 95.7 cm³/mol. The van der Waals surface area contributed by atoms with Crippen molar-refractivity contribution in [3.63, 3.8) is 0 Å². The molecule has 0 aliphatic carbocycles. The van der Waals surface area contributed by atoms with Crippen LogP contribution in [0.3, 0.4) is 0 Å². The Labute approximate surface area is 147 Å². The first-order valence-electron chi connectivity index (χ1n) is 8.02. The molecule has 132 valence electrons. The van der Waals surface area contributed by atoms with Gasteiger partial charge in [0.05, 0.1) is 0 Å². The zero-order chi connectivity index (χ0) is 18.4. The van der Waals surface area contributed by atoms with Gasteiger partial charge in [0, 0.05) is 0 Å². The summed E-state index contributed by atoms with van der Waals surface area (Å²) in [6, 6.07) is 13.8. The van der Waals surface area contributed by atoms with E-state index in [-0.39, 0.29) is 0 Å². The van der Waals surface area contributed by atoms with Crippen LogP contribution < -0.4 is 21.3 Å². The maximum atomic E-state index is 12.3. The van der Waals surface area contributed by atoms with E-state index in [0.717, 1.165) is 11.1 Å². The summed E-state index contributed by atoms with van der Waals surface area (Å²) in [5, 5.41) is 0. The number of benzene rings is 2. The van der Waals surface area contributed by atoms with Gasteiger partial charge in [-0.25, -0.2) is 5.43 Å². The van der Waals surface area contributed by atoms with Crippen molar-refractivity contribution in [2.45, 2.75) is 32.9 Å². The molecule has 0 bridgehead atoms. The SMILES string of the molecule is Cc1cccc(O[C@@H](C)C(=O)NN[C@@H](C(N)=O)c2ccccc2)c1C. The average molecular weight is 341 g/mol. The Morgan fingerprint density at radius 2 is 1.72 bits per heavy atom. The largest absolute Gasteiger partial charge is 0.481 e. The smallest absolute Gasteiger partial charge is 0.274 e. The summed E-state index contributed by atoms with van der Waals surface area (Å²) in [4.78, 5) is 23.9. The van der Waals surface area contributed by atoms with Gasteiger partial charge in [0.1, 0.15) is 11.8 Å². The van der Waals surface area contributed by atoms with E-state index in [0.29, 0.717) is 11.3 Å². The molecule has 25 heavy (non-hydrogen) atoms. The van der Waals surface area contributed by atoms with E-state index >= 15 is 0 Å². The number of aryl methyl sites for hydroxylation is 1. The molecule has 0 heterocycles. The van der Waals surface area contributed by atoms with Crippen molar-refractivity contribution in [2.24, 2.45) is 5.73 Å². The highest BCUT2D eigenvalue weighted by molar-refractivity contribution is 5.83. The average Bonchev–Trinajstić information content (AvgIpc) is 2.59. The van der Waals surface area contributed by atoms with Crippen molar-refractivity contribution >= 4 is 11.8 Å². The zero-order valence-corrected chi connectivity index (χ0v) is 14.6. The molecular weight excluding hydrogens is 318 g/mol. The van der Waals surface area contributed by atoms with E-state index in [2.05, 4.69) is 10.9 Å². The highest BCUT2D eigenvalue weighted by Crippen LogP contribution is 2.21. The molecule has 0 radical (unpaired) electrons. The van der Waals surface area contributed by atoms with E-state index < -0.39 is 24.0 Å². The lowest BCUT2D eigenvalue weighted by atomic mass is 10.1. The van der Waals surface area contributed by atoms with E-state index in [1.54, 1.807) is 31.2 Å². The molecule has 0 saturated carbocycles. The number of rotatable bonds is 7. The van der Waals surface area contributed by atoms with Crippen LogP contribution in [0.5, 0.6) is 5.75 Å². The predicted octanol–water partition coefficient (Wildman–Crippen LogP) is 1.92. The molecule has 4 N–H and O–H groups in total. The van der Waals surface area contributed by atoms with Crippen LogP contribution in [0, 0.1) is 13.8 Å². The Bertz CT molecular complexity index is 747. The minimum absolute atomic E-state index is 0.400. The molecule has 0 aliphatic rings. The van der Waals surface area contributed by atoms with Crippen molar-refractivity contribution in [1.29, 1.82) is 0 Å². The third kappa shape index (κ3) is 4.81. The third-order valence-electron chi connectivity index (χ3n) is 3.99. The maximum absolute atomic E-state index is 12.3. The van der Waals surface area contributed by atoms with Crippen LogP contribution in [-0.4, -0.2) is 17.9 Å². The summed E-state index contributed by atoms with van der Waals surface area (Å²) in [5.74, 6) is -0.338. The Morgan fingerprint density at radius 1 is 1.04 bits per heavy atom. The van der Waals surface area contributed by atoms with E-state index in [9.17, 15) is 9.59 Å². The fourth-order valence-corrected chi connectivity index (χ4v) is 2.30. The fraction of sp³-hybridized carbons (Fsp3) is 0.263. The summed E-state index contributed by atoms with van der Waals surface area (Å²) in [5.41, 5.74) is 13.3. The van der Waals surface area contributed by atoms with Crippen molar-refractivity contribution < 1.29 is 14.3 Å². The fourth-order valence-electron chi connectivity index (χ4n) is 2.30. The van der Waals surface area contributed by atoms with Gasteiger partial charge >= 0.3 is 0 Å². The number of ether oxygens (including phenoxy) is 1. The first-order chi connectivity index (χ1) is 11.9. The number of nitrogens with two attached hydrogens (primary N) is 1. The molecule has 2 aromatic rings. The monoisotopic (exact) mass is 341 g/mol. The number of amides is 2. The summed E-state index contributed by atoms with van der Waals surface area (Å²) in [7, 11) is 0. The van der Waals surface area contributed by atoms with Gasteiger partial charge in [0.25, 0.3) is 5.91 Å². The van der Waals surface area contributed by atoms with Gasteiger partial charge in [-0.15, -0.1) is 0 Å². The summed E-state index contributed by atoms with van der Waals surface area (Å²) in [6.45, 7) is 5.55. The van der Waals surface area contributed by atoms with Crippen molar-refractivity contribution in [2.75, 3.05) is 0 Å². The second-order valence-electron chi connectivity index (χ2n) is 5.84. The van der Waals surface area contributed by atoms with E-state index in [1.165, 1.54) is 0 Å². The normalized spacial score (nSPS) is 12.9. The number of nitrogens with one attached hydrogen (secondary N) is 2. The highest BCUT2D eigenvalue weighted by Gasteiger charge is 2.21. The second kappa shape index (κ2) is 8.30. The van der Waals surface area contributed by atoms with Gasteiger partial charge in [0.2, 0.25) is 5.91 Å². The van der Waals surface area contributed by atoms with Crippen LogP contribution in [0.4, 0.5) is 0 Å². The van der Waals surface area contributed by atoms with Gasteiger partial charge < -0.3 is 10.5 Å². The maximum Gasteiger partial charge on any atom is 0.274 e. The van der Waals surface area contributed by atoms with Crippen LogP contribution in [0.1, 0.15) is 29.7 Å². The summed E-state index contributed by atoms with van der Waals surface area (Å²) < 4.78 is 5.72. The third-order valence-corrected chi connectivity index (χ3v) is 3.99. The van der Waals surface area contributed by atoms with Crippen LogP contribution in [0.15, 0.2) is 48.5 Å². The molecule has 2 aromatic carbocycles. The minimum atomic E-state index is -0.821. The lowest BCUT2D eigenvalue weighted by Crippen LogP contribution is -2.49. The van der Waals surface area contributed by atoms with Gasteiger partial charge in [-0.1, -0.05) is 42.5 Å². The minimum Gasteiger partial charge on any atom is -0.481 e. The first kappa shape index (κ1) is 18.5. The van der Waals surface area contributed by atoms with Crippen LogP contribution >= 0.6 is 0 Å². The number of hydrazine groups is 1. The van der Waals surface area contributed by atoms with E-state index in [4.69, 9.17) is 10.5 Å². The number of hydrogen-bond donors (Lipinski definition) is 3. The standard InChI is InChI=1S/C19H23N3O3/c1-12-8-7-11-16(13(12)2)25-14(3)19(24)22-21-17(18(20)23)15-9-5-4-6-10-15/h4-11,14,17,21H,1-3H3,(H2,20,23)(H,22,24)/t14-,17+/m0/s1. The van der Waals surface area contributed by atoms with Gasteiger partial charge in [-0.05, 0) is 43.5 Å². The molecule has 2 rings (SSSR count). The molecule has 0 aliphatic heterocycles. The number of carbonyl (C=O) groups excluding carboxylic acids is 2.